The van der Waals surface area contributed by atoms with Crippen LogP contribution in [0.5, 0.6) is 0 Å². The zero-order chi connectivity index (χ0) is 19.6. The van der Waals surface area contributed by atoms with Gasteiger partial charge in [-0.15, -0.1) is 0 Å². The highest BCUT2D eigenvalue weighted by atomic mass is 32.2. The van der Waals surface area contributed by atoms with Crippen LogP contribution in [0.15, 0.2) is 53.4 Å². The van der Waals surface area contributed by atoms with E-state index in [1.54, 1.807) is 12.1 Å². The van der Waals surface area contributed by atoms with E-state index in [2.05, 4.69) is 34.1 Å². The smallest absolute Gasteiger partial charge is 0.238 e. The Morgan fingerprint density at radius 2 is 1.69 bits per heavy atom. The minimum Gasteiger partial charge on any atom is -0.412 e. The summed E-state index contributed by atoms with van der Waals surface area (Å²) in [6.45, 7) is 5.67. The molecule has 2 heterocycles. The molecule has 0 spiro atoms. The summed E-state index contributed by atoms with van der Waals surface area (Å²) >= 11 is 0. The Labute approximate surface area is 172 Å². The predicted octanol–water partition coefficient (Wildman–Crippen LogP) is 1.34. The number of hydrogen-bond donors (Lipinski definition) is 1. The number of piperazine rings is 1. The maximum absolute atomic E-state index is 11.4. The molecule has 7 nitrogen and oxygen atoms in total. The molecule has 29 heavy (non-hydrogen) atoms. The lowest BCUT2D eigenvalue weighted by molar-refractivity contribution is 0.0289. The van der Waals surface area contributed by atoms with E-state index in [4.69, 9.17) is 9.88 Å². The van der Waals surface area contributed by atoms with Crippen molar-refractivity contribution < 1.29 is 18.6 Å². The molecule has 1 fully saturated rings. The number of ether oxygens (including phenoxy) is 1. The van der Waals surface area contributed by atoms with E-state index in [1.165, 1.54) is 11.1 Å². The fraction of sp³-hybridized carbons (Fsp3) is 0.429. The van der Waals surface area contributed by atoms with Crippen molar-refractivity contribution >= 4 is 15.7 Å². The number of rotatable bonds is 5. The Bertz CT molecular complexity index is 910. The summed E-state index contributed by atoms with van der Waals surface area (Å²) < 4.78 is 28.8. The van der Waals surface area contributed by atoms with Crippen LogP contribution in [0.4, 0.5) is 5.69 Å². The number of benzene rings is 2. The number of anilines is 1. The molecule has 0 amide bonds. The van der Waals surface area contributed by atoms with Gasteiger partial charge in [0.15, 0.2) is 0 Å². The predicted molar refractivity (Wildman–Crippen MR) is 114 cm³/mol. The number of nitrogens with zero attached hydrogens (tertiary/aromatic N) is 2. The Morgan fingerprint density at radius 1 is 1.00 bits per heavy atom. The van der Waals surface area contributed by atoms with Gasteiger partial charge in [-0.1, -0.05) is 24.3 Å². The lowest BCUT2D eigenvalue weighted by atomic mass is 9.95. The molecule has 0 aromatic heterocycles. The fourth-order valence-corrected chi connectivity index (χ4v) is 4.61. The average Bonchev–Trinajstić information content (AvgIpc) is 2.72. The van der Waals surface area contributed by atoms with E-state index in [0.29, 0.717) is 0 Å². The lowest BCUT2D eigenvalue weighted by Crippen LogP contribution is -2.47. The Hall–Kier alpha value is -1.97. The normalized spacial score (nSPS) is 20.0. The first-order valence-corrected chi connectivity index (χ1v) is 11.3. The van der Waals surface area contributed by atoms with Crippen molar-refractivity contribution in [3.05, 3.63) is 59.7 Å². The van der Waals surface area contributed by atoms with Crippen LogP contribution in [0.3, 0.4) is 0 Å². The van der Waals surface area contributed by atoms with Crippen molar-refractivity contribution in [1.29, 1.82) is 0 Å². The van der Waals surface area contributed by atoms with Gasteiger partial charge in [0, 0.05) is 38.4 Å². The van der Waals surface area contributed by atoms with Crippen LogP contribution < -0.4 is 10.0 Å². The van der Waals surface area contributed by atoms with Gasteiger partial charge in [-0.3, -0.25) is 4.90 Å². The molecule has 0 radical (unpaired) electrons. The van der Waals surface area contributed by atoms with Crippen molar-refractivity contribution in [2.24, 2.45) is 5.14 Å². The van der Waals surface area contributed by atoms with E-state index in [1.807, 2.05) is 12.1 Å². The van der Waals surface area contributed by atoms with Crippen LogP contribution >= 0.6 is 0 Å². The standard InChI is InChI=1S/C21H27N3O3S.H2O/c22-28(25,26)19-7-5-18(6-8-19)24-14-12-23(13-15-24)11-9-21-20-4-2-1-3-17(20)10-16-27-21;/h1-8,21H,9-16H2,(H2,22,25,26);1H2/t21-;/m0./s1. The van der Waals surface area contributed by atoms with Crippen LogP contribution in [-0.4, -0.2) is 58.1 Å². The number of nitrogens with two attached hydrogens (primary N) is 1. The third kappa shape index (κ3) is 5.15. The summed E-state index contributed by atoms with van der Waals surface area (Å²) in [4.78, 5) is 4.92. The summed E-state index contributed by atoms with van der Waals surface area (Å²) in [7, 11) is -3.64. The first kappa shape index (κ1) is 21.7. The van der Waals surface area contributed by atoms with E-state index in [0.717, 1.165) is 57.9 Å². The molecule has 0 aliphatic carbocycles. The van der Waals surface area contributed by atoms with Crippen molar-refractivity contribution in [2.75, 3.05) is 44.2 Å². The third-order valence-electron chi connectivity index (χ3n) is 5.70. The molecule has 0 saturated carbocycles. The van der Waals surface area contributed by atoms with Crippen molar-refractivity contribution in [2.45, 2.75) is 23.8 Å². The van der Waals surface area contributed by atoms with Crippen LogP contribution in [-0.2, 0) is 21.2 Å². The molecule has 1 saturated heterocycles. The molecular weight excluding hydrogens is 390 g/mol. The van der Waals surface area contributed by atoms with Gasteiger partial charge in [0.2, 0.25) is 10.0 Å². The molecule has 158 valence electrons. The largest absolute Gasteiger partial charge is 0.412 e. The maximum Gasteiger partial charge on any atom is 0.238 e. The van der Waals surface area contributed by atoms with Crippen LogP contribution in [0.2, 0.25) is 0 Å². The molecule has 1 atom stereocenters. The Kier molecular flexibility index (Phi) is 6.92. The Morgan fingerprint density at radius 3 is 2.38 bits per heavy atom. The van der Waals surface area contributed by atoms with Gasteiger partial charge in [-0.05, 0) is 48.2 Å². The molecule has 0 bridgehead atoms. The van der Waals surface area contributed by atoms with Gasteiger partial charge >= 0.3 is 0 Å². The third-order valence-corrected chi connectivity index (χ3v) is 6.63. The van der Waals surface area contributed by atoms with Crippen molar-refractivity contribution in [1.82, 2.24) is 4.90 Å². The molecule has 2 aliphatic heterocycles. The van der Waals surface area contributed by atoms with Gasteiger partial charge in [0.1, 0.15) is 0 Å². The van der Waals surface area contributed by atoms with Gasteiger partial charge in [-0.25, -0.2) is 13.6 Å². The van der Waals surface area contributed by atoms with E-state index in [9.17, 15) is 8.42 Å². The highest BCUT2D eigenvalue weighted by Crippen LogP contribution is 2.29. The molecule has 2 aliphatic rings. The quantitative estimate of drug-likeness (QED) is 0.787. The monoisotopic (exact) mass is 419 g/mol. The fourth-order valence-electron chi connectivity index (χ4n) is 4.09. The first-order valence-electron chi connectivity index (χ1n) is 9.80. The zero-order valence-corrected chi connectivity index (χ0v) is 17.3. The van der Waals surface area contributed by atoms with E-state index < -0.39 is 10.0 Å². The number of primary sulfonamides is 1. The van der Waals surface area contributed by atoms with Crippen LogP contribution in [0.1, 0.15) is 23.7 Å². The van der Waals surface area contributed by atoms with Gasteiger partial charge in [-0.2, -0.15) is 0 Å². The van der Waals surface area contributed by atoms with E-state index >= 15 is 0 Å². The van der Waals surface area contributed by atoms with Gasteiger partial charge < -0.3 is 15.1 Å². The average molecular weight is 420 g/mol. The summed E-state index contributed by atoms with van der Waals surface area (Å²) in [5, 5.41) is 5.17. The summed E-state index contributed by atoms with van der Waals surface area (Å²) in [6, 6.07) is 15.4. The van der Waals surface area contributed by atoms with Gasteiger partial charge in [0.05, 0.1) is 17.6 Å². The molecule has 8 heteroatoms. The SMILES string of the molecule is NS(=O)(=O)c1ccc(N2CCN(CC[C@@H]3OCCc4ccccc43)CC2)cc1.O. The highest BCUT2D eigenvalue weighted by Gasteiger charge is 2.23. The lowest BCUT2D eigenvalue weighted by Gasteiger charge is -2.37. The summed E-state index contributed by atoms with van der Waals surface area (Å²) in [6.07, 6.45) is 2.23. The molecule has 4 N–H and O–H groups in total. The molecule has 2 aromatic carbocycles. The Balaban J connectivity index is 0.00000240. The van der Waals surface area contributed by atoms with Gasteiger partial charge in [0.25, 0.3) is 0 Å². The minimum absolute atomic E-state index is 0. The summed E-state index contributed by atoms with van der Waals surface area (Å²) in [5.41, 5.74) is 3.81. The zero-order valence-electron chi connectivity index (χ0n) is 16.5. The van der Waals surface area contributed by atoms with Crippen molar-refractivity contribution in [3.63, 3.8) is 0 Å². The maximum atomic E-state index is 11.4. The molecule has 4 rings (SSSR count). The number of sulfonamides is 1. The highest BCUT2D eigenvalue weighted by molar-refractivity contribution is 7.89. The summed E-state index contributed by atoms with van der Waals surface area (Å²) in [5.74, 6) is 0. The number of fused-ring (bicyclic) bond motifs is 1. The molecular formula is C21H29N3O4S. The second kappa shape index (κ2) is 9.23. The molecule has 2 aromatic rings. The van der Waals surface area contributed by atoms with Crippen LogP contribution in [0, 0.1) is 0 Å². The second-order valence-electron chi connectivity index (χ2n) is 7.46. The molecule has 0 unspecified atom stereocenters. The van der Waals surface area contributed by atoms with Crippen molar-refractivity contribution in [3.8, 4) is 0 Å². The van der Waals surface area contributed by atoms with Crippen LogP contribution in [0.25, 0.3) is 0 Å². The minimum atomic E-state index is -3.64. The second-order valence-corrected chi connectivity index (χ2v) is 9.03. The van der Waals surface area contributed by atoms with E-state index in [-0.39, 0.29) is 16.5 Å². The topological polar surface area (TPSA) is 107 Å². The number of hydrogen-bond acceptors (Lipinski definition) is 5. The first-order chi connectivity index (χ1) is 13.5.